The molecule has 12 heteroatoms. The van der Waals surface area contributed by atoms with Crippen LogP contribution in [0.15, 0.2) is 79.0 Å². The fourth-order valence-electron chi connectivity index (χ4n) is 6.68. The number of para-hydroxylation sites is 1. The molecule has 2 saturated heterocycles. The molecule has 0 spiro atoms. The molecule has 2 N–H and O–H groups in total. The Labute approximate surface area is 274 Å². The molecule has 12 nitrogen and oxygen atoms in total. The Kier molecular flexibility index (Phi) is 9.15. The van der Waals surface area contributed by atoms with Crippen LogP contribution in [0.4, 0.5) is 4.79 Å². The van der Waals surface area contributed by atoms with Crippen molar-refractivity contribution in [2.24, 2.45) is 0 Å². The zero-order valence-corrected chi connectivity index (χ0v) is 27.3. The third-order valence-electron chi connectivity index (χ3n) is 9.09. The standard InChI is InChI=1S/C35H42N8O4/c1-24-33-42(31(45)23-39(4)43(33)35(47)36-20-26-9-6-5-7-10-26)30(19-25-13-15-29(44)16-14-25)34(46)40(24)22-28-12-8-11-27-21-37-41(32(27)28)18-17-38(2)3/h5-16,21,24,30,33,44H,17-20,22-23H2,1-4H3,(H,36,47)/t24-,30+,33+/m1/s1. The first-order chi connectivity index (χ1) is 22.6. The number of hydrogen-bond acceptors (Lipinski definition) is 7. The lowest BCUT2D eigenvalue weighted by Gasteiger charge is -2.57. The van der Waals surface area contributed by atoms with Crippen LogP contribution in [0.2, 0.25) is 0 Å². The molecular formula is C35H42N8O4. The minimum Gasteiger partial charge on any atom is -0.508 e. The van der Waals surface area contributed by atoms with Gasteiger partial charge in [-0.3, -0.25) is 14.3 Å². The summed E-state index contributed by atoms with van der Waals surface area (Å²) in [5.74, 6) is -0.300. The Hall–Kier alpha value is -4.94. The number of likely N-dealkylation sites (N-methyl/N-ethyl adjacent to an activating group) is 2. The smallest absolute Gasteiger partial charge is 0.334 e. The first-order valence-corrected chi connectivity index (χ1v) is 15.9. The second-order valence-electron chi connectivity index (χ2n) is 12.6. The van der Waals surface area contributed by atoms with Crippen molar-refractivity contribution in [3.8, 4) is 5.75 Å². The predicted octanol–water partition coefficient (Wildman–Crippen LogP) is 2.87. The van der Waals surface area contributed by atoms with E-state index in [1.807, 2.05) is 80.4 Å². The van der Waals surface area contributed by atoms with E-state index in [2.05, 4.69) is 15.3 Å². The number of aromatic nitrogens is 2. The van der Waals surface area contributed by atoms with Gasteiger partial charge in [-0.15, -0.1) is 0 Å². The number of nitrogens with one attached hydrogen (secondary N) is 1. The maximum atomic E-state index is 14.6. The van der Waals surface area contributed by atoms with Crippen molar-refractivity contribution >= 4 is 28.7 Å². The quantitative estimate of drug-likeness (QED) is 0.290. The number of nitrogens with zero attached hydrogens (tertiary/aromatic N) is 7. The van der Waals surface area contributed by atoms with Crippen LogP contribution in [-0.4, -0.2) is 110 Å². The topological polar surface area (TPSA) is 117 Å². The van der Waals surface area contributed by atoms with Crippen molar-refractivity contribution in [1.29, 1.82) is 0 Å². The fraction of sp³-hybridized carbons (Fsp3) is 0.371. The summed E-state index contributed by atoms with van der Waals surface area (Å²) in [6.45, 7) is 3.94. The van der Waals surface area contributed by atoms with Crippen molar-refractivity contribution in [1.82, 2.24) is 39.8 Å². The third-order valence-corrected chi connectivity index (χ3v) is 9.09. The number of phenols is 1. The van der Waals surface area contributed by atoms with Crippen LogP contribution < -0.4 is 5.32 Å². The molecule has 6 rings (SSSR count). The van der Waals surface area contributed by atoms with Gasteiger partial charge in [0.1, 0.15) is 18.0 Å². The monoisotopic (exact) mass is 638 g/mol. The van der Waals surface area contributed by atoms with Crippen LogP contribution in [0.1, 0.15) is 23.6 Å². The van der Waals surface area contributed by atoms with Crippen LogP contribution in [0, 0.1) is 0 Å². The number of rotatable bonds is 9. The normalized spacial score (nSPS) is 20.3. The minimum atomic E-state index is -0.857. The number of fused-ring (bicyclic) bond motifs is 2. The van der Waals surface area contributed by atoms with Gasteiger partial charge in [-0.2, -0.15) is 5.10 Å². The van der Waals surface area contributed by atoms with E-state index in [0.29, 0.717) is 13.1 Å². The highest BCUT2D eigenvalue weighted by molar-refractivity contribution is 5.92. The number of phenolic OH excluding ortho intramolecular Hbond substituents is 1. The lowest BCUT2D eigenvalue weighted by Crippen LogP contribution is -2.78. The number of benzene rings is 3. The number of aromatic hydroxyl groups is 1. The van der Waals surface area contributed by atoms with Gasteiger partial charge in [0.25, 0.3) is 0 Å². The molecule has 0 aliphatic carbocycles. The molecule has 4 aromatic rings. The van der Waals surface area contributed by atoms with Gasteiger partial charge in [0.05, 0.1) is 30.8 Å². The molecule has 3 heterocycles. The highest BCUT2D eigenvalue weighted by atomic mass is 16.3. The first-order valence-electron chi connectivity index (χ1n) is 15.9. The van der Waals surface area contributed by atoms with E-state index in [4.69, 9.17) is 0 Å². The summed E-state index contributed by atoms with van der Waals surface area (Å²) in [7, 11) is 5.76. The van der Waals surface area contributed by atoms with Crippen molar-refractivity contribution < 1.29 is 19.5 Å². The number of carbonyl (C=O) groups excluding carboxylic acids is 3. The van der Waals surface area contributed by atoms with Crippen LogP contribution in [0.5, 0.6) is 5.75 Å². The van der Waals surface area contributed by atoms with Crippen molar-refractivity contribution in [3.63, 3.8) is 0 Å². The van der Waals surface area contributed by atoms with E-state index in [-0.39, 0.29) is 43.1 Å². The Morgan fingerprint density at radius 3 is 2.47 bits per heavy atom. The van der Waals surface area contributed by atoms with E-state index in [1.54, 1.807) is 51.1 Å². The van der Waals surface area contributed by atoms with Crippen LogP contribution in [0.25, 0.3) is 10.9 Å². The summed E-state index contributed by atoms with van der Waals surface area (Å²) in [6.07, 6.45) is 1.33. The summed E-state index contributed by atoms with van der Waals surface area (Å²) in [5.41, 5.74) is 3.64. The molecule has 0 unspecified atom stereocenters. The summed E-state index contributed by atoms with van der Waals surface area (Å²) < 4.78 is 1.98. The average molecular weight is 639 g/mol. The summed E-state index contributed by atoms with van der Waals surface area (Å²) in [5, 5.41) is 21.8. The summed E-state index contributed by atoms with van der Waals surface area (Å²) in [6, 6.07) is 20.6. The molecule has 3 atom stereocenters. The molecule has 1 aromatic heterocycles. The summed E-state index contributed by atoms with van der Waals surface area (Å²) in [4.78, 5) is 47.8. The molecule has 0 bridgehead atoms. The third kappa shape index (κ3) is 6.51. The zero-order valence-electron chi connectivity index (χ0n) is 27.3. The lowest BCUT2D eigenvalue weighted by atomic mass is 9.94. The predicted molar refractivity (Wildman–Crippen MR) is 178 cm³/mol. The molecule has 4 amide bonds. The van der Waals surface area contributed by atoms with Gasteiger partial charge in [0, 0.05) is 38.5 Å². The highest BCUT2D eigenvalue weighted by Crippen LogP contribution is 2.34. The number of hydrazine groups is 1. The van der Waals surface area contributed by atoms with Crippen molar-refractivity contribution in [2.75, 3.05) is 34.2 Å². The van der Waals surface area contributed by atoms with Crippen LogP contribution >= 0.6 is 0 Å². The minimum absolute atomic E-state index is 0.0499. The van der Waals surface area contributed by atoms with E-state index in [9.17, 15) is 19.5 Å². The van der Waals surface area contributed by atoms with Crippen LogP contribution in [0.3, 0.4) is 0 Å². The molecule has 3 aromatic carbocycles. The van der Waals surface area contributed by atoms with Gasteiger partial charge in [-0.1, -0.05) is 60.7 Å². The number of hydrogen-bond donors (Lipinski definition) is 2. The maximum Gasteiger partial charge on any atom is 0.334 e. The molecule has 246 valence electrons. The molecule has 0 saturated carbocycles. The summed E-state index contributed by atoms with van der Waals surface area (Å²) >= 11 is 0. The first kappa shape index (κ1) is 32.0. The number of carbonyl (C=O) groups is 3. The Morgan fingerprint density at radius 2 is 1.74 bits per heavy atom. The van der Waals surface area contributed by atoms with Gasteiger partial charge in [0.2, 0.25) is 11.8 Å². The van der Waals surface area contributed by atoms with E-state index < -0.39 is 18.2 Å². The molecular weight excluding hydrogens is 596 g/mol. The molecule has 2 aliphatic heterocycles. The Balaban J connectivity index is 1.38. The van der Waals surface area contributed by atoms with Gasteiger partial charge < -0.3 is 25.1 Å². The largest absolute Gasteiger partial charge is 0.508 e. The number of urea groups is 1. The second kappa shape index (κ2) is 13.4. The molecule has 2 aliphatic rings. The Morgan fingerprint density at radius 1 is 1.00 bits per heavy atom. The van der Waals surface area contributed by atoms with Gasteiger partial charge >= 0.3 is 6.03 Å². The maximum absolute atomic E-state index is 14.6. The van der Waals surface area contributed by atoms with Gasteiger partial charge in [0.15, 0.2) is 0 Å². The molecule has 0 radical (unpaired) electrons. The number of piperazine rings is 1. The van der Waals surface area contributed by atoms with Gasteiger partial charge in [-0.25, -0.2) is 14.8 Å². The molecule has 2 fully saturated rings. The van der Waals surface area contributed by atoms with Crippen molar-refractivity contribution in [3.05, 3.63) is 95.7 Å². The van der Waals surface area contributed by atoms with E-state index in [0.717, 1.165) is 34.1 Å². The average Bonchev–Trinajstić information content (AvgIpc) is 3.48. The zero-order chi connectivity index (χ0) is 33.2. The second-order valence-corrected chi connectivity index (χ2v) is 12.6. The van der Waals surface area contributed by atoms with Crippen molar-refractivity contribution in [2.45, 2.75) is 51.2 Å². The fourth-order valence-corrected chi connectivity index (χ4v) is 6.68. The SMILES string of the molecule is C[C@@H]1[C@H]2N(C(=O)CN(C)N2C(=O)NCc2ccccc2)[C@@H](Cc2ccc(O)cc2)C(=O)N1Cc1cccc2cnn(CCN(C)C)c12. The number of amides is 4. The molecule has 47 heavy (non-hydrogen) atoms. The van der Waals surface area contributed by atoms with E-state index in [1.165, 1.54) is 0 Å². The highest BCUT2D eigenvalue weighted by Gasteiger charge is 2.54. The van der Waals surface area contributed by atoms with Gasteiger partial charge in [-0.05, 0) is 49.8 Å². The van der Waals surface area contributed by atoms with Crippen LogP contribution in [-0.2, 0) is 35.6 Å². The Bertz CT molecular complexity index is 1740. The van der Waals surface area contributed by atoms with E-state index >= 15 is 0 Å². The lowest BCUT2D eigenvalue weighted by molar-refractivity contribution is -0.196.